The highest BCUT2D eigenvalue weighted by atomic mass is 16.5. The van der Waals surface area contributed by atoms with Crippen LogP contribution in [0.1, 0.15) is 45.2 Å². The van der Waals surface area contributed by atoms with Crippen molar-refractivity contribution in [2.45, 2.75) is 39.7 Å². The molecule has 1 aliphatic carbocycles. The molecule has 3 unspecified atom stereocenters. The number of nitrogens with one attached hydrogen (secondary N) is 1. The number of benzene rings is 1. The maximum atomic E-state index is 5.63. The van der Waals surface area contributed by atoms with Crippen LogP contribution in [0.2, 0.25) is 0 Å². The fourth-order valence-electron chi connectivity index (χ4n) is 2.54. The van der Waals surface area contributed by atoms with Crippen molar-refractivity contribution in [3.05, 3.63) is 29.8 Å². The fraction of sp³-hybridized carbons (Fsp3) is 0.625. The van der Waals surface area contributed by atoms with Gasteiger partial charge < -0.3 is 10.1 Å². The summed E-state index contributed by atoms with van der Waals surface area (Å²) < 4.78 is 5.63. The summed E-state index contributed by atoms with van der Waals surface area (Å²) in [7, 11) is 0. The van der Waals surface area contributed by atoms with Crippen LogP contribution in [-0.4, -0.2) is 13.2 Å². The average molecular weight is 247 g/mol. The van der Waals surface area contributed by atoms with E-state index in [1.807, 2.05) is 0 Å². The topological polar surface area (TPSA) is 21.3 Å². The van der Waals surface area contributed by atoms with Crippen LogP contribution in [0.15, 0.2) is 24.3 Å². The van der Waals surface area contributed by atoms with Crippen LogP contribution >= 0.6 is 0 Å². The lowest BCUT2D eigenvalue weighted by Crippen LogP contribution is -2.23. The third-order valence-corrected chi connectivity index (χ3v) is 3.74. The maximum absolute atomic E-state index is 5.63. The Labute approximate surface area is 111 Å². The zero-order valence-electron chi connectivity index (χ0n) is 11.8. The average Bonchev–Trinajstić information content (AvgIpc) is 3.11. The van der Waals surface area contributed by atoms with Crippen molar-refractivity contribution in [3.8, 4) is 5.75 Å². The van der Waals surface area contributed by atoms with Crippen LogP contribution in [0.5, 0.6) is 5.75 Å². The van der Waals surface area contributed by atoms with Gasteiger partial charge in [0.15, 0.2) is 0 Å². The van der Waals surface area contributed by atoms with Crippen LogP contribution < -0.4 is 10.1 Å². The van der Waals surface area contributed by atoms with Crippen molar-refractivity contribution in [1.82, 2.24) is 5.32 Å². The molecular formula is C16H25NO. The van der Waals surface area contributed by atoms with E-state index >= 15 is 0 Å². The van der Waals surface area contributed by atoms with E-state index in [1.54, 1.807) is 0 Å². The van der Waals surface area contributed by atoms with Gasteiger partial charge >= 0.3 is 0 Å². The first-order chi connectivity index (χ1) is 8.76. The second-order valence-electron chi connectivity index (χ2n) is 5.33. The van der Waals surface area contributed by atoms with Gasteiger partial charge in [-0.3, -0.25) is 0 Å². The Morgan fingerprint density at radius 3 is 2.44 bits per heavy atom. The Bertz CT molecular complexity index is 360. The van der Waals surface area contributed by atoms with Gasteiger partial charge in [0.25, 0.3) is 0 Å². The van der Waals surface area contributed by atoms with E-state index in [0.29, 0.717) is 6.04 Å². The van der Waals surface area contributed by atoms with Crippen molar-refractivity contribution in [1.29, 1.82) is 0 Å². The highest BCUT2D eigenvalue weighted by molar-refractivity contribution is 5.30. The molecule has 1 aromatic carbocycles. The molecule has 100 valence electrons. The second kappa shape index (κ2) is 6.24. The van der Waals surface area contributed by atoms with Gasteiger partial charge in [-0.25, -0.2) is 0 Å². The maximum Gasteiger partial charge on any atom is 0.119 e. The molecule has 0 radical (unpaired) electrons. The lowest BCUT2D eigenvalue weighted by molar-refractivity contribution is 0.317. The van der Waals surface area contributed by atoms with Crippen molar-refractivity contribution >= 4 is 0 Å². The van der Waals surface area contributed by atoms with E-state index in [-0.39, 0.29) is 0 Å². The minimum Gasteiger partial charge on any atom is -0.494 e. The quantitative estimate of drug-likeness (QED) is 0.791. The van der Waals surface area contributed by atoms with E-state index in [4.69, 9.17) is 4.74 Å². The van der Waals surface area contributed by atoms with Gasteiger partial charge in [-0.05, 0) is 48.9 Å². The van der Waals surface area contributed by atoms with Crippen LogP contribution in [-0.2, 0) is 0 Å². The molecule has 1 saturated carbocycles. The summed E-state index contributed by atoms with van der Waals surface area (Å²) in [5.41, 5.74) is 1.40. The Morgan fingerprint density at radius 1 is 1.28 bits per heavy atom. The molecule has 1 fully saturated rings. The minimum atomic E-state index is 0.519. The standard InChI is InChI=1S/C16H25NO/c1-4-10-18-14-8-6-13(7-9-14)16(17-5-2)15-11-12(15)3/h6-9,12,15-17H,4-5,10-11H2,1-3H3. The number of ether oxygens (including phenoxy) is 1. The second-order valence-corrected chi connectivity index (χ2v) is 5.33. The molecule has 1 aromatic rings. The van der Waals surface area contributed by atoms with Crippen molar-refractivity contribution in [3.63, 3.8) is 0 Å². The Balaban J connectivity index is 2.01. The van der Waals surface area contributed by atoms with E-state index in [9.17, 15) is 0 Å². The minimum absolute atomic E-state index is 0.519. The van der Waals surface area contributed by atoms with Gasteiger partial charge in [0, 0.05) is 6.04 Å². The Morgan fingerprint density at radius 2 is 1.94 bits per heavy atom. The lowest BCUT2D eigenvalue weighted by Gasteiger charge is -2.18. The van der Waals surface area contributed by atoms with E-state index in [1.165, 1.54) is 12.0 Å². The molecule has 0 heterocycles. The van der Waals surface area contributed by atoms with Gasteiger partial charge in [0.05, 0.1) is 6.61 Å². The first-order valence-corrected chi connectivity index (χ1v) is 7.22. The summed E-state index contributed by atoms with van der Waals surface area (Å²) in [5.74, 6) is 2.66. The molecule has 0 saturated heterocycles. The van der Waals surface area contributed by atoms with Gasteiger partial charge in [-0.1, -0.05) is 32.9 Å². The van der Waals surface area contributed by atoms with Crippen molar-refractivity contribution in [2.75, 3.05) is 13.2 Å². The normalized spacial score (nSPS) is 23.7. The molecular weight excluding hydrogens is 222 g/mol. The smallest absolute Gasteiger partial charge is 0.119 e. The molecule has 18 heavy (non-hydrogen) atoms. The summed E-state index contributed by atoms with van der Waals surface area (Å²) in [5, 5.41) is 3.61. The summed E-state index contributed by atoms with van der Waals surface area (Å²) >= 11 is 0. The monoisotopic (exact) mass is 247 g/mol. The van der Waals surface area contributed by atoms with Crippen LogP contribution in [0.3, 0.4) is 0 Å². The lowest BCUT2D eigenvalue weighted by atomic mass is 10.0. The first-order valence-electron chi connectivity index (χ1n) is 7.22. The summed E-state index contributed by atoms with van der Waals surface area (Å²) in [6.45, 7) is 8.48. The van der Waals surface area contributed by atoms with Crippen LogP contribution in [0.4, 0.5) is 0 Å². The molecule has 0 spiro atoms. The molecule has 0 aromatic heterocycles. The van der Waals surface area contributed by atoms with Crippen LogP contribution in [0.25, 0.3) is 0 Å². The molecule has 1 N–H and O–H groups in total. The number of hydrogen-bond acceptors (Lipinski definition) is 2. The molecule has 3 atom stereocenters. The van der Waals surface area contributed by atoms with E-state index < -0.39 is 0 Å². The third kappa shape index (κ3) is 3.26. The van der Waals surface area contributed by atoms with Crippen molar-refractivity contribution in [2.24, 2.45) is 11.8 Å². The number of hydrogen-bond donors (Lipinski definition) is 1. The molecule has 2 heteroatoms. The molecule has 1 aliphatic rings. The van der Waals surface area contributed by atoms with E-state index in [2.05, 4.69) is 50.4 Å². The summed E-state index contributed by atoms with van der Waals surface area (Å²) in [6.07, 6.45) is 2.41. The Hall–Kier alpha value is -1.02. The largest absolute Gasteiger partial charge is 0.494 e. The number of rotatable bonds is 7. The summed E-state index contributed by atoms with van der Waals surface area (Å²) in [4.78, 5) is 0. The van der Waals surface area contributed by atoms with Crippen molar-refractivity contribution < 1.29 is 4.74 Å². The van der Waals surface area contributed by atoms with Gasteiger partial charge in [-0.2, -0.15) is 0 Å². The molecule has 0 bridgehead atoms. The van der Waals surface area contributed by atoms with Gasteiger partial charge in [0.1, 0.15) is 5.75 Å². The zero-order chi connectivity index (χ0) is 13.0. The molecule has 2 rings (SSSR count). The highest BCUT2D eigenvalue weighted by Crippen LogP contribution is 2.47. The molecule has 2 nitrogen and oxygen atoms in total. The highest BCUT2D eigenvalue weighted by Gasteiger charge is 2.39. The zero-order valence-corrected chi connectivity index (χ0v) is 11.8. The summed E-state index contributed by atoms with van der Waals surface area (Å²) in [6, 6.07) is 9.14. The SMILES string of the molecule is CCCOc1ccc(C(NCC)C2CC2C)cc1. The Kier molecular flexibility index (Phi) is 4.65. The van der Waals surface area contributed by atoms with E-state index in [0.717, 1.165) is 37.2 Å². The predicted molar refractivity (Wildman–Crippen MR) is 75.9 cm³/mol. The van der Waals surface area contributed by atoms with Gasteiger partial charge in [-0.15, -0.1) is 0 Å². The van der Waals surface area contributed by atoms with Crippen LogP contribution in [0, 0.1) is 11.8 Å². The molecule has 0 aliphatic heterocycles. The molecule has 0 amide bonds. The first kappa shape index (κ1) is 13.4. The fourth-order valence-corrected chi connectivity index (χ4v) is 2.54. The predicted octanol–water partition coefficient (Wildman–Crippen LogP) is 3.78. The third-order valence-electron chi connectivity index (χ3n) is 3.74. The van der Waals surface area contributed by atoms with Gasteiger partial charge in [0.2, 0.25) is 0 Å².